The van der Waals surface area contributed by atoms with Crippen LogP contribution in [0, 0.1) is 17.5 Å². The predicted molar refractivity (Wildman–Crippen MR) is 52.7 cm³/mol. The Morgan fingerprint density at radius 2 is 1.80 bits per heavy atom. The third-order valence-corrected chi connectivity index (χ3v) is 2.01. The molecule has 1 aromatic carbocycles. The highest BCUT2D eigenvalue weighted by Gasteiger charge is 2.15. The summed E-state index contributed by atoms with van der Waals surface area (Å²) in [5.74, 6) is -3.13. The van der Waals surface area contributed by atoms with Crippen molar-refractivity contribution in [2.75, 3.05) is 0 Å². The summed E-state index contributed by atoms with van der Waals surface area (Å²) in [6.07, 6.45) is 0.335. The Labute approximate surface area is 86.4 Å². The van der Waals surface area contributed by atoms with E-state index in [1.807, 2.05) is 0 Å². The molecule has 1 atom stereocenters. The molecule has 15 heavy (non-hydrogen) atoms. The van der Waals surface area contributed by atoms with Crippen molar-refractivity contribution >= 4 is 0 Å². The number of nitrogens with two attached hydrogens (primary N) is 1. The van der Waals surface area contributed by atoms with E-state index in [9.17, 15) is 13.2 Å². The molecular weight excluding hydrogens is 203 g/mol. The van der Waals surface area contributed by atoms with Crippen molar-refractivity contribution < 1.29 is 13.2 Å². The highest BCUT2D eigenvalue weighted by molar-refractivity contribution is 5.24. The SMILES string of the molecule is C=C(C)C[C@H](N)c1cc(F)c(F)cc1F. The number of halogens is 3. The van der Waals surface area contributed by atoms with Gasteiger partial charge in [0, 0.05) is 17.7 Å². The van der Waals surface area contributed by atoms with Crippen LogP contribution in [0.5, 0.6) is 0 Å². The van der Waals surface area contributed by atoms with Gasteiger partial charge in [0.05, 0.1) is 0 Å². The molecule has 2 N–H and O–H groups in total. The van der Waals surface area contributed by atoms with Crippen LogP contribution < -0.4 is 5.73 Å². The van der Waals surface area contributed by atoms with Gasteiger partial charge in [-0.05, 0) is 19.4 Å². The van der Waals surface area contributed by atoms with Gasteiger partial charge in [-0.25, -0.2) is 13.2 Å². The second-order valence-electron chi connectivity index (χ2n) is 3.56. The van der Waals surface area contributed by atoms with E-state index in [4.69, 9.17) is 5.73 Å². The monoisotopic (exact) mass is 215 g/mol. The van der Waals surface area contributed by atoms with Crippen LogP contribution in [0.4, 0.5) is 13.2 Å². The molecule has 0 saturated carbocycles. The molecule has 4 heteroatoms. The summed E-state index contributed by atoms with van der Waals surface area (Å²) < 4.78 is 38.7. The van der Waals surface area contributed by atoms with Gasteiger partial charge in [-0.3, -0.25) is 0 Å². The van der Waals surface area contributed by atoms with E-state index < -0.39 is 23.5 Å². The summed E-state index contributed by atoms with van der Waals surface area (Å²) in [5, 5.41) is 0. The summed E-state index contributed by atoms with van der Waals surface area (Å²) in [6, 6.07) is 0.596. The van der Waals surface area contributed by atoms with Crippen molar-refractivity contribution in [1.82, 2.24) is 0 Å². The van der Waals surface area contributed by atoms with E-state index in [1.165, 1.54) is 0 Å². The van der Waals surface area contributed by atoms with Crippen molar-refractivity contribution in [3.05, 3.63) is 47.3 Å². The number of hydrogen-bond donors (Lipinski definition) is 1. The van der Waals surface area contributed by atoms with Crippen LogP contribution >= 0.6 is 0 Å². The van der Waals surface area contributed by atoms with E-state index in [1.54, 1.807) is 6.92 Å². The average molecular weight is 215 g/mol. The smallest absolute Gasteiger partial charge is 0.161 e. The number of benzene rings is 1. The second kappa shape index (κ2) is 4.49. The topological polar surface area (TPSA) is 26.0 Å². The molecule has 0 spiro atoms. The minimum absolute atomic E-state index is 0.0306. The van der Waals surface area contributed by atoms with E-state index in [0.717, 1.165) is 11.6 Å². The first-order valence-electron chi connectivity index (χ1n) is 4.46. The van der Waals surface area contributed by atoms with E-state index in [2.05, 4.69) is 6.58 Å². The lowest BCUT2D eigenvalue weighted by Crippen LogP contribution is -2.13. The Morgan fingerprint density at radius 1 is 1.27 bits per heavy atom. The van der Waals surface area contributed by atoms with E-state index in [0.29, 0.717) is 12.5 Å². The maximum atomic E-state index is 13.2. The molecule has 82 valence electrons. The van der Waals surface area contributed by atoms with Crippen LogP contribution in [0.3, 0.4) is 0 Å². The zero-order chi connectivity index (χ0) is 11.6. The molecule has 0 heterocycles. The first-order chi connectivity index (χ1) is 6.91. The fraction of sp³-hybridized carbons (Fsp3) is 0.273. The molecule has 0 bridgehead atoms. The minimum atomic E-state index is -1.21. The van der Waals surface area contributed by atoms with Gasteiger partial charge < -0.3 is 5.73 Å². The Morgan fingerprint density at radius 3 is 2.33 bits per heavy atom. The summed E-state index contributed by atoms with van der Waals surface area (Å²) in [6.45, 7) is 5.35. The van der Waals surface area contributed by atoms with Crippen LogP contribution in [-0.2, 0) is 0 Å². The van der Waals surface area contributed by atoms with Gasteiger partial charge in [-0.2, -0.15) is 0 Å². The molecule has 0 unspecified atom stereocenters. The van der Waals surface area contributed by atoms with Crippen molar-refractivity contribution in [1.29, 1.82) is 0 Å². The Bertz CT molecular complexity index is 388. The standard InChI is InChI=1S/C11H12F3N/c1-6(2)3-11(15)7-4-9(13)10(14)5-8(7)12/h4-5,11H,1,3,15H2,2H3/t11-/m0/s1. The molecule has 1 aromatic rings. The fourth-order valence-corrected chi connectivity index (χ4v) is 1.31. The van der Waals surface area contributed by atoms with Crippen LogP contribution in [-0.4, -0.2) is 0 Å². The predicted octanol–water partition coefficient (Wildman–Crippen LogP) is 3.07. The van der Waals surface area contributed by atoms with Crippen molar-refractivity contribution in [2.45, 2.75) is 19.4 Å². The average Bonchev–Trinajstić information content (AvgIpc) is 2.09. The number of rotatable bonds is 3. The third kappa shape index (κ3) is 2.83. The van der Waals surface area contributed by atoms with Crippen molar-refractivity contribution in [3.63, 3.8) is 0 Å². The summed E-state index contributed by atoms with van der Waals surface area (Å²) >= 11 is 0. The van der Waals surface area contributed by atoms with Gasteiger partial charge in [0.1, 0.15) is 5.82 Å². The van der Waals surface area contributed by atoms with Crippen LogP contribution in [0.25, 0.3) is 0 Å². The summed E-state index contributed by atoms with van der Waals surface area (Å²) in [4.78, 5) is 0. The molecular formula is C11H12F3N. The first-order valence-corrected chi connectivity index (χ1v) is 4.46. The lowest BCUT2D eigenvalue weighted by atomic mass is 10.0. The fourth-order valence-electron chi connectivity index (χ4n) is 1.31. The van der Waals surface area contributed by atoms with Crippen LogP contribution in [0.2, 0.25) is 0 Å². The molecule has 0 aliphatic carbocycles. The molecule has 0 aliphatic rings. The molecule has 0 amide bonds. The van der Waals surface area contributed by atoms with E-state index in [-0.39, 0.29) is 5.56 Å². The highest BCUT2D eigenvalue weighted by Crippen LogP contribution is 2.22. The molecule has 0 aliphatic heterocycles. The largest absolute Gasteiger partial charge is 0.324 e. The summed E-state index contributed by atoms with van der Waals surface area (Å²) in [7, 11) is 0. The number of hydrogen-bond acceptors (Lipinski definition) is 1. The zero-order valence-corrected chi connectivity index (χ0v) is 8.36. The third-order valence-electron chi connectivity index (χ3n) is 2.01. The Hall–Kier alpha value is -1.29. The van der Waals surface area contributed by atoms with Crippen LogP contribution in [0.15, 0.2) is 24.3 Å². The van der Waals surface area contributed by atoms with Crippen molar-refractivity contribution in [3.8, 4) is 0 Å². The van der Waals surface area contributed by atoms with Crippen LogP contribution in [0.1, 0.15) is 24.9 Å². The molecule has 0 radical (unpaired) electrons. The van der Waals surface area contributed by atoms with Gasteiger partial charge >= 0.3 is 0 Å². The van der Waals surface area contributed by atoms with Gasteiger partial charge in [-0.15, -0.1) is 6.58 Å². The van der Waals surface area contributed by atoms with Gasteiger partial charge in [-0.1, -0.05) is 5.57 Å². The molecule has 0 saturated heterocycles. The minimum Gasteiger partial charge on any atom is -0.324 e. The van der Waals surface area contributed by atoms with Gasteiger partial charge in [0.15, 0.2) is 11.6 Å². The zero-order valence-electron chi connectivity index (χ0n) is 8.36. The normalized spacial score (nSPS) is 12.6. The Balaban J connectivity index is 3.03. The molecule has 0 aromatic heterocycles. The molecule has 1 nitrogen and oxygen atoms in total. The summed E-state index contributed by atoms with van der Waals surface area (Å²) in [5.41, 5.74) is 6.35. The maximum absolute atomic E-state index is 13.2. The van der Waals surface area contributed by atoms with Crippen molar-refractivity contribution in [2.24, 2.45) is 5.73 Å². The molecule has 0 fully saturated rings. The van der Waals surface area contributed by atoms with Gasteiger partial charge in [0.25, 0.3) is 0 Å². The highest BCUT2D eigenvalue weighted by atomic mass is 19.2. The molecule has 1 rings (SSSR count). The maximum Gasteiger partial charge on any atom is 0.161 e. The van der Waals surface area contributed by atoms with Gasteiger partial charge in [0.2, 0.25) is 0 Å². The quantitative estimate of drug-likeness (QED) is 0.608. The van der Waals surface area contributed by atoms with E-state index >= 15 is 0 Å². The lowest BCUT2D eigenvalue weighted by Gasteiger charge is -2.13. The Kier molecular flexibility index (Phi) is 3.52. The first kappa shape index (κ1) is 11.8. The second-order valence-corrected chi connectivity index (χ2v) is 3.56. The lowest BCUT2D eigenvalue weighted by molar-refractivity contribution is 0.484.